The number of hydrogen-bond donors (Lipinski definition) is 3. The molecule has 27 heavy (non-hydrogen) atoms. The number of halogens is 1. The molecule has 0 aliphatic carbocycles. The summed E-state index contributed by atoms with van der Waals surface area (Å²) in [7, 11) is -8.47. The molecular formula is C17H14BrNO6S2. The Morgan fingerprint density at radius 3 is 2.30 bits per heavy atom. The Bertz CT molecular complexity index is 1270. The zero-order valence-electron chi connectivity index (χ0n) is 13.8. The summed E-state index contributed by atoms with van der Waals surface area (Å²) in [5, 5.41) is 11.2. The van der Waals surface area contributed by atoms with E-state index in [1.165, 1.54) is 30.3 Å². The van der Waals surface area contributed by atoms with E-state index in [1.807, 2.05) is 0 Å². The molecule has 142 valence electrons. The summed E-state index contributed by atoms with van der Waals surface area (Å²) in [4.78, 5) is -0.465. The summed E-state index contributed by atoms with van der Waals surface area (Å²) >= 11 is 3.31. The number of aryl methyl sites for hydroxylation is 1. The minimum absolute atomic E-state index is 0.00817. The van der Waals surface area contributed by atoms with Crippen LogP contribution in [0.25, 0.3) is 10.8 Å². The summed E-state index contributed by atoms with van der Waals surface area (Å²) < 4.78 is 59.7. The van der Waals surface area contributed by atoms with Crippen LogP contribution in [0.5, 0.6) is 5.75 Å². The van der Waals surface area contributed by atoms with Gasteiger partial charge in [0.15, 0.2) is 0 Å². The van der Waals surface area contributed by atoms with Gasteiger partial charge in [-0.15, -0.1) is 0 Å². The second-order valence-corrected chi connectivity index (χ2v) is 9.78. The van der Waals surface area contributed by atoms with Crippen molar-refractivity contribution >= 4 is 52.5 Å². The fourth-order valence-electron chi connectivity index (χ4n) is 2.59. The molecule has 0 amide bonds. The molecule has 0 heterocycles. The van der Waals surface area contributed by atoms with Gasteiger partial charge < -0.3 is 5.11 Å². The third kappa shape index (κ3) is 3.93. The smallest absolute Gasteiger partial charge is 0.294 e. The lowest BCUT2D eigenvalue weighted by molar-refractivity contribution is 0.472. The maximum absolute atomic E-state index is 12.7. The predicted octanol–water partition coefficient (Wildman–Crippen LogP) is 3.66. The highest BCUT2D eigenvalue weighted by molar-refractivity contribution is 9.10. The summed E-state index contributed by atoms with van der Waals surface area (Å²) in [6.07, 6.45) is 0. The zero-order valence-corrected chi connectivity index (χ0v) is 17.1. The van der Waals surface area contributed by atoms with Crippen LogP contribution in [-0.2, 0) is 20.1 Å². The van der Waals surface area contributed by atoms with Gasteiger partial charge in [0.05, 0.1) is 15.5 Å². The van der Waals surface area contributed by atoms with Gasteiger partial charge in [-0.2, -0.15) is 8.42 Å². The first-order valence-electron chi connectivity index (χ1n) is 7.51. The molecule has 0 radical (unpaired) electrons. The van der Waals surface area contributed by atoms with Crippen LogP contribution >= 0.6 is 15.9 Å². The van der Waals surface area contributed by atoms with Crippen molar-refractivity contribution in [2.45, 2.75) is 16.7 Å². The number of aromatic hydroxyl groups is 1. The van der Waals surface area contributed by atoms with Crippen LogP contribution in [-0.4, -0.2) is 26.5 Å². The normalized spacial score (nSPS) is 12.3. The lowest BCUT2D eigenvalue weighted by atomic mass is 10.0. The first-order chi connectivity index (χ1) is 12.5. The van der Waals surface area contributed by atoms with E-state index in [0.29, 0.717) is 20.8 Å². The van der Waals surface area contributed by atoms with Crippen LogP contribution in [0.1, 0.15) is 5.56 Å². The fraction of sp³-hybridized carbons (Fsp3) is 0.0588. The number of sulfonamides is 1. The van der Waals surface area contributed by atoms with Crippen molar-refractivity contribution in [2.24, 2.45) is 0 Å². The molecule has 10 heteroatoms. The largest absolute Gasteiger partial charge is 0.508 e. The van der Waals surface area contributed by atoms with Crippen molar-refractivity contribution in [3.05, 3.63) is 58.6 Å². The first-order valence-corrected chi connectivity index (χ1v) is 11.2. The van der Waals surface area contributed by atoms with Crippen molar-refractivity contribution in [3.63, 3.8) is 0 Å². The standard InChI is InChI=1S/C17H14BrNO6S2/c1-10-14-6-5-12(8-15(14)16(18)9-17(10)20)26(21,22)19-11-3-2-4-13(7-11)27(23,24)25/h2-9,19-20H,1H3,(H,23,24,25). The average Bonchev–Trinajstić information content (AvgIpc) is 2.58. The summed E-state index contributed by atoms with van der Waals surface area (Å²) in [5.41, 5.74) is 0.608. The number of rotatable bonds is 4. The van der Waals surface area contributed by atoms with Gasteiger partial charge in [-0.25, -0.2) is 8.42 Å². The van der Waals surface area contributed by atoms with Crippen molar-refractivity contribution < 1.29 is 26.5 Å². The molecule has 0 aliphatic heterocycles. The van der Waals surface area contributed by atoms with Crippen LogP contribution < -0.4 is 4.72 Å². The second-order valence-electron chi connectivity index (χ2n) is 5.82. The Hall–Kier alpha value is -2.14. The van der Waals surface area contributed by atoms with Gasteiger partial charge in [0, 0.05) is 4.47 Å². The van der Waals surface area contributed by atoms with Crippen LogP contribution in [0.2, 0.25) is 0 Å². The number of phenolic OH excluding ortho intramolecular Hbond substituents is 1. The van der Waals surface area contributed by atoms with Crippen molar-refractivity contribution in [3.8, 4) is 5.75 Å². The minimum Gasteiger partial charge on any atom is -0.508 e. The minimum atomic E-state index is -4.45. The van der Waals surface area contributed by atoms with Crippen molar-refractivity contribution in [1.29, 1.82) is 0 Å². The number of hydrogen-bond acceptors (Lipinski definition) is 5. The Kier molecular flexibility index (Phi) is 4.93. The van der Waals surface area contributed by atoms with Crippen molar-refractivity contribution in [2.75, 3.05) is 4.72 Å². The highest BCUT2D eigenvalue weighted by Gasteiger charge is 2.18. The van der Waals surface area contributed by atoms with Gasteiger partial charge in [0.1, 0.15) is 5.75 Å². The Labute approximate surface area is 164 Å². The van der Waals surface area contributed by atoms with E-state index in [1.54, 1.807) is 13.0 Å². The molecule has 0 aliphatic rings. The number of benzene rings is 3. The van der Waals surface area contributed by atoms with Gasteiger partial charge in [0.25, 0.3) is 20.1 Å². The maximum Gasteiger partial charge on any atom is 0.294 e. The fourth-order valence-corrected chi connectivity index (χ4v) is 4.74. The molecule has 0 spiro atoms. The van der Waals surface area contributed by atoms with Gasteiger partial charge in [0.2, 0.25) is 0 Å². The summed E-state index contributed by atoms with van der Waals surface area (Å²) in [6.45, 7) is 1.72. The van der Waals surface area contributed by atoms with E-state index in [9.17, 15) is 21.9 Å². The lowest BCUT2D eigenvalue weighted by Gasteiger charge is -2.12. The molecule has 7 nitrogen and oxygen atoms in total. The maximum atomic E-state index is 12.7. The molecule has 0 saturated carbocycles. The molecular weight excluding hydrogens is 458 g/mol. The van der Waals surface area contributed by atoms with Crippen LogP contribution in [0, 0.1) is 6.92 Å². The van der Waals surface area contributed by atoms with Gasteiger partial charge in [-0.05, 0) is 59.7 Å². The molecule has 0 unspecified atom stereocenters. The Morgan fingerprint density at radius 2 is 1.63 bits per heavy atom. The molecule has 0 bridgehead atoms. The average molecular weight is 472 g/mol. The molecule has 3 aromatic carbocycles. The monoisotopic (exact) mass is 471 g/mol. The molecule has 0 saturated heterocycles. The zero-order chi connectivity index (χ0) is 20.0. The molecule has 3 rings (SSSR count). The molecule has 3 aromatic rings. The van der Waals surface area contributed by atoms with Crippen LogP contribution in [0.15, 0.2) is 62.8 Å². The lowest BCUT2D eigenvalue weighted by Crippen LogP contribution is -2.13. The highest BCUT2D eigenvalue weighted by atomic mass is 79.9. The van der Waals surface area contributed by atoms with Gasteiger partial charge >= 0.3 is 0 Å². The van der Waals surface area contributed by atoms with E-state index in [4.69, 9.17) is 4.55 Å². The van der Waals surface area contributed by atoms with Crippen molar-refractivity contribution in [1.82, 2.24) is 0 Å². The number of nitrogens with one attached hydrogen (secondary N) is 1. The molecule has 0 aromatic heterocycles. The van der Waals surface area contributed by atoms with E-state index in [-0.39, 0.29) is 16.3 Å². The molecule has 3 N–H and O–H groups in total. The molecule has 0 fully saturated rings. The third-order valence-electron chi connectivity index (χ3n) is 3.99. The number of fused-ring (bicyclic) bond motifs is 1. The predicted molar refractivity (Wildman–Crippen MR) is 105 cm³/mol. The Morgan fingerprint density at radius 1 is 0.926 bits per heavy atom. The summed E-state index contributed by atoms with van der Waals surface area (Å²) in [6, 6.07) is 10.7. The summed E-state index contributed by atoms with van der Waals surface area (Å²) in [5.74, 6) is 0.0881. The van der Waals surface area contributed by atoms with Gasteiger partial charge in [-0.3, -0.25) is 9.27 Å². The quantitative estimate of drug-likeness (QED) is 0.499. The highest BCUT2D eigenvalue weighted by Crippen LogP contribution is 2.34. The van der Waals surface area contributed by atoms with E-state index < -0.39 is 25.0 Å². The van der Waals surface area contributed by atoms with E-state index in [2.05, 4.69) is 20.7 Å². The van der Waals surface area contributed by atoms with E-state index in [0.717, 1.165) is 12.1 Å². The SMILES string of the molecule is Cc1c(O)cc(Br)c2cc(S(=O)(=O)Nc3cccc(S(=O)(=O)O)c3)ccc12. The topological polar surface area (TPSA) is 121 Å². The van der Waals surface area contributed by atoms with Crippen LogP contribution in [0.4, 0.5) is 5.69 Å². The number of phenols is 1. The van der Waals surface area contributed by atoms with Crippen LogP contribution in [0.3, 0.4) is 0 Å². The second kappa shape index (κ2) is 6.79. The number of anilines is 1. The Balaban J connectivity index is 2.06. The van der Waals surface area contributed by atoms with Gasteiger partial charge in [-0.1, -0.05) is 28.1 Å². The third-order valence-corrected chi connectivity index (χ3v) is 6.88. The first kappa shape index (κ1) is 19.6. The van der Waals surface area contributed by atoms with E-state index >= 15 is 0 Å². The molecule has 0 atom stereocenters.